The van der Waals surface area contributed by atoms with E-state index in [1.807, 2.05) is 36.4 Å². The Balaban J connectivity index is 1.24. The summed E-state index contributed by atoms with van der Waals surface area (Å²) in [6.07, 6.45) is 4.79. The van der Waals surface area contributed by atoms with Crippen LogP contribution in [0.5, 0.6) is 0 Å². The Morgan fingerprint density at radius 3 is 2.69 bits per heavy atom. The predicted molar refractivity (Wildman–Crippen MR) is 132 cm³/mol. The number of oxazole rings is 1. The maximum atomic E-state index is 13.0. The van der Waals surface area contributed by atoms with Gasteiger partial charge in [0.2, 0.25) is 5.71 Å². The lowest BCUT2D eigenvalue weighted by atomic mass is 10.1. The van der Waals surface area contributed by atoms with Crippen molar-refractivity contribution in [3.05, 3.63) is 66.8 Å². The van der Waals surface area contributed by atoms with E-state index in [-0.39, 0.29) is 5.91 Å². The van der Waals surface area contributed by atoms with Gasteiger partial charge in [0.05, 0.1) is 5.52 Å². The van der Waals surface area contributed by atoms with Crippen molar-refractivity contribution in [1.29, 1.82) is 0 Å². The van der Waals surface area contributed by atoms with Crippen LogP contribution in [0.3, 0.4) is 0 Å². The number of pyridine rings is 2. The summed E-state index contributed by atoms with van der Waals surface area (Å²) in [6.45, 7) is 3.70. The summed E-state index contributed by atoms with van der Waals surface area (Å²) in [5.74, 6) is 0.925. The molecule has 1 saturated heterocycles. The molecular formula is C25H22N8O2. The van der Waals surface area contributed by atoms with Crippen LogP contribution in [-0.2, 0) is 0 Å². The number of anilines is 2. The largest absolute Gasteiger partial charge is 0.425 e. The number of amides is 1. The van der Waals surface area contributed by atoms with E-state index in [0.717, 1.165) is 54.0 Å². The second-order valence-corrected chi connectivity index (χ2v) is 8.55. The number of piperazine rings is 1. The first-order chi connectivity index (χ1) is 17.1. The van der Waals surface area contributed by atoms with Gasteiger partial charge in [0.1, 0.15) is 11.3 Å². The highest BCUT2D eigenvalue weighted by Gasteiger charge is 2.17. The SMILES string of the molecule is CN1CCN(c2cc(C(=O)Nc3cc4cc(-c5cnc6ocnc6c5)ccc4nn3)ccn2)CC1. The van der Waals surface area contributed by atoms with Crippen LogP contribution in [0.1, 0.15) is 10.4 Å². The Bertz CT molecular complexity index is 1540. The number of carbonyl (C=O) groups is 1. The summed E-state index contributed by atoms with van der Waals surface area (Å²) < 4.78 is 5.22. The Morgan fingerprint density at radius 2 is 1.80 bits per heavy atom. The van der Waals surface area contributed by atoms with Crippen LogP contribution in [0.25, 0.3) is 33.3 Å². The molecule has 174 valence electrons. The van der Waals surface area contributed by atoms with Crippen molar-refractivity contribution in [3.63, 3.8) is 0 Å². The second-order valence-electron chi connectivity index (χ2n) is 8.55. The highest BCUT2D eigenvalue weighted by atomic mass is 16.3. The Morgan fingerprint density at radius 1 is 0.914 bits per heavy atom. The molecule has 0 spiro atoms. The van der Waals surface area contributed by atoms with Crippen LogP contribution in [0, 0.1) is 0 Å². The standard InChI is InChI=1S/C25H22N8O2/c1-32-6-8-33(9-7-32)23-13-17(4-5-26-23)24(34)29-22-12-18-10-16(2-3-20(18)30-31-22)19-11-21-25(27-14-19)35-15-28-21/h2-5,10-15H,6-9H2,1H3,(H,29,31,34). The van der Waals surface area contributed by atoms with Gasteiger partial charge in [0.15, 0.2) is 12.2 Å². The Labute approximate surface area is 200 Å². The van der Waals surface area contributed by atoms with Crippen LogP contribution < -0.4 is 10.2 Å². The molecule has 1 amide bonds. The van der Waals surface area contributed by atoms with E-state index in [1.54, 1.807) is 18.5 Å². The van der Waals surface area contributed by atoms with Crippen molar-refractivity contribution in [2.75, 3.05) is 43.4 Å². The van der Waals surface area contributed by atoms with Crippen LogP contribution >= 0.6 is 0 Å². The number of carbonyl (C=O) groups excluding carboxylic acids is 1. The summed E-state index contributed by atoms with van der Waals surface area (Å²) in [7, 11) is 2.11. The monoisotopic (exact) mass is 466 g/mol. The minimum absolute atomic E-state index is 0.256. The zero-order valence-corrected chi connectivity index (χ0v) is 19.0. The van der Waals surface area contributed by atoms with Gasteiger partial charge in [-0.1, -0.05) is 6.07 Å². The average Bonchev–Trinajstić information content (AvgIpc) is 3.37. The van der Waals surface area contributed by atoms with Crippen LogP contribution in [0.4, 0.5) is 11.6 Å². The molecule has 1 N–H and O–H groups in total. The van der Waals surface area contributed by atoms with Gasteiger partial charge >= 0.3 is 0 Å². The van der Waals surface area contributed by atoms with E-state index >= 15 is 0 Å². The first kappa shape index (κ1) is 21.1. The molecule has 35 heavy (non-hydrogen) atoms. The molecule has 0 aliphatic carbocycles. The third kappa shape index (κ3) is 4.26. The molecule has 5 heterocycles. The van der Waals surface area contributed by atoms with Crippen LogP contribution in [-0.4, -0.2) is 69.2 Å². The lowest BCUT2D eigenvalue weighted by Gasteiger charge is -2.33. The van der Waals surface area contributed by atoms with Gasteiger partial charge in [0.25, 0.3) is 5.91 Å². The number of benzene rings is 1. The Hall–Kier alpha value is -4.44. The van der Waals surface area contributed by atoms with Crippen molar-refractivity contribution in [2.45, 2.75) is 0 Å². The molecule has 1 aromatic carbocycles. The topological polar surface area (TPSA) is 113 Å². The lowest BCUT2D eigenvalue weighted by molar-refractivity contribution is 0.102. The normalized spacial score (nSPS) is 14.5. The van der Waals surface area contributed by atoms with Crippen molar-refractivity contribution in [3.8, 4) is 11.1 Å². The van der Waals surface area contributed by atoms with Crippen molar-refractivity contribution < 1.29 is 9.21 Å². The lowest BCUT2D eigenvalue weighted by Crippen LogP contribution is -2.44. The fourth-order valence-corrected chi connectivity index (χ4v) is 4.16. The molecule has 5 aromatic rings. The van der Waals surface area contributed by atoms with Crippen LogP contribution in [0.2, 0.25) is 0 Å². The third-order valence-corrected chi connectivity index (χ3v) is 6.18. The number of nitrogens with one attached hydrogen (secondary N) is 1. The number of rotatable bonds is 4. The molecule has 0 unspecified atom stereocenters. The number of hydrogen-bond donors (Lipinski definition) is 1. The van der Waals surface area contributed by atoms with E-state index in [4.69, 9.17) is 4.42 Å². The van der Waals surface area contributed by atoms with E-state index < -0.39 is 0 Å². The quantitative estimate of drug-likeness (QED) is 0.426. The molecule has 1 fully saturated rings. The molecule has 1 aliphatic heterocycles. The number of aromatic nitrogens is 5. The highest BCUT2D eigenvalue weighted by molar-refractivity contribution is 6.04. The number of hydrogen-bond acceptors (Lipinski definition) is 9. The van der Waals surface area contributed by atoms with E-state index in [9.17, 15) is 4.79 Å². The smallest absolute Gasteiger partial charge is 0.257 e. The molecule has 4 aromatic heterocycles. The van der Waals surface area contributed by atoms with Crippen molar-refractivity contribution in [1.82, 2.24) is 30.0 Å². The molecule has 1 aliphatic rings. The fraction of sp³-hybridized carbons (Fsp3) is 0.200. The minimum Gasteiger partial charge on any atom is -0.425 e. The Kier molecular flexibility index (Phi) is 5.27. The minimum atomic E-state index is -0.256. The summed E-state index contributed by atoms with van der Waals surface area (Å²) in [5, 5.41) is 12.2. The predicted octanol–water partition coefficient (Wildman–Crippen LogP) is 3.23. The first-order valence-electron chi connectivity index (χ1n) is 11.3. The maximum absolute atomic E-state index is 13.0. The maximum Gasteiger partial charge on any atom is 0.257 e. The molecular weight excluding hydrogens is 444 g/mol. The van der Waals surface area contributed by atoms with Gasteiger partial charge in [0, 0.05) is 55.1 Å². The zero-order valence-electron chi connectivity index (χ0n) is 19.0. The molecule has 0 saturated carbocycles. The highest BCUT2D eigenvalue weighted by Crippen LogP contribution is 2.26. The average molecular weight is 467 g/mol. The number of likely N-dealkylation sites (N-methyl/N-ethyl adjacent to an activating group) is 1. The van der Waals surface area contributed by atoms with Gasteiger partial charge < -0.3 is 19.5 Å². The number of nitrogens with zero attached hydrogens (tertiary/aromatic N) is 7. The van der Waals surface area contributed by atoms with Gasteiger partial charge in [-0.2, -0.15) is 0 Å². The number of fused-ring (bicyclic) bond motifs is 2. The molecule has 6 rings (SSSR count). The third-order valence-electron chi connectivity index (χ3n) is 6.18. The summed E-state index contributed by atoms with van der Waals surface area (Å²) in [6, 6.07) is 13.1. The summed E-state index contributed by atoms with van der Waals surface area (Å²) >= 11 is 0. The summed E-state index contributed by atoms with van der Waals surface area (Å²) in [4.78, 5) is 30.4. The fourth-order valence-electron chi connectivity index (χ4n) is 4.16. The molecule has 0 radical (unpaired) electrons. The van der Waals surface area contributed by atoms with Gasteiger partial charge in [-0.15, -0.1) is 10.2 Å². The molecule has 10 heteroatoms. The second kappa shape index (κ2) is 8.73. The first-order valence-corrected chi connectivity index (χ1v) is 11.3. The van der Waals surface area contributed by atoms with Gasteiger partial charge in [-0.3, -0.25) is 4.79 Å². The van der Waals surface area contributed by atoms with E-state index in [2.05, 4.69) is 47.3 Å². The summed E-state index contributed by atoms with van der Waals surface area (Å²) in [5.41, 5.74) is 4.30. The van der Waals surface area contributed by atoms with Gasteiger partial charge in [-0.25, -0.2) is 15.0 Å². The zero-order chi connectivity index (χ0) is 23.8. The molecule has 0 bridgehead atoms. The molecule has 10 nitrogen and oxygen atoms in total. The van der Waals surface area contributed by atoms with Crippen molar-refractivity contribution >= 4 is 39.7 Å². The van der Waals surface area contributed by atoms with E-state index in [0.29, 0.717) is 22.6 Å². The van der Waals surface area contributed by atoms with E-state index in [1.165, 1.54) is 6.39 Å². The van der Waals surface area contributed by atoms with Crippen molar-refractivity contribution in [2.24, 2.45) is 0 Å². The van der Waals surface area contributed by atoms with Crippen LogP contribution in [0.15, 0.2) is 65.7 Å². The molecule has 0 atom stereocenters. The van der Waals surface area contributed by atoms with Gasteiger partial charge in [-0.05, 0) is 49.0 Å².